The fourth-order valence-electron chi connectivity index (χ4n) is 0.258. The summed E-state index contributed by atoms with van der Waals surface area (Å²) in [6, 6.07) is 0. The predicted octanol–water partition coefficient (Wildman–Crippen LogP) is 0.677. The van der Waals surface area contributed by atoms with Crippen molar-refractivity contribution in [1.29, 1.82) is 0 Å². The van der Waals surface area contributed by atoms with Crippen LogP contribution in [0.2, 0.25) is 0 Å². The van der Waals surface area contributed by atoms with Crippen molar-refractivity contribution in [2.75, 3.05) is 41.8 Å². The number of nitrogens with zero attached hydrogens (tertiary/aromatic N) is 2. The molecular weight excluding hydrogens is 128 g/mol. The lowest BCUT2D eigenvalue weighted by molar-refractivity contribution is -0.113. The zero-order chi connectivity index (χ0) is 8.57. The fourth-order valence-corrected chi connectivity index (χ4v) is 0.258. The van der Waals surface area contributed by atoms with E-state index in [-0.39, 0.29) is 0 Å². The molecule has 0 saturated heterocycles. The van der Waals surface area contributed by atoms with Gasteiger partial charge in [-0.3, -0.25) is 4.84 Å². The summed E-state index contributed by atoms with van der Waals surface area (Å²) >= 11 is 0. The molecule has 0 radical (unpaired) electrons. The van der Waals surface area contributed by atoms with Crippen LogP contribution >= 0.6 is 0 Å². The third-order valence-corrected chi connectivity index (χ3v) is 0.387. The summed E-state index contributed by atoms with van der Waals surface area (Å²) in [6.45, 7) is 2.72. The summed E-state index contributed by atoms with van der Waals surface area (Å²) in [6.07, 6.45) is 0. The smallest absolute Gasteiger partial charge is 0.0656 e. The molecule has 0 bridgehead atoms. The number of hydrogen-bond donors (Lipinski definition) is 0. The van der Waals surface area contributed by atoms with Crippen LogP contribution < -0.4 is 0 Å². The predicted molar refractivity (Wildman–Crippen MR) is 44.9 cm³/mol. The second-order valence-electron chi connectivity index (χ2n) is 2.57. The van der Waals surface area contributed by atoms with Gasteiger partial charge in [-0.15, -0.1) is 0 Å². The van der Waals surface area contributed by atoms with Crippen molar-refractivity contribution in [1.82, 2.24) is 9.96 Å². The van der Waals surface area contributed by atoms with Crippen molar-refractivity contribution >= 4 is 0 Å². The average Bonchev–Trinajstić information content (AvgIpc) is 1.62. The maximum atomic E-state index is 4.88. The van der Waals surface area contributed by atoms with E-state index in [0.29, 0.717) is 0 Å². The lowest BCUT2D eigenvalue weighted by Gasteiger charge is -2.05. The minimum absolute atomic E-state index is 0.757. The van der Waals surface area contributed by atoms with Gasteiger partial charge in [0.15, 0.2) is 0 Å². The van der Waals surface area contributed by atoms with Crippen molar-refractivity contribution in [3.63, 3.8) is 0 Å². The molecule has 0 fully saturated rings. The van der Waals surface area contributed by atoms with Gasteiger partial charge in [0, 0.05) is 14.1 Å². The van der Waals surface area contributed by atoms with Gasteiger partial charge in [0.2, 0.25) is 0 Å². The monoisotopic (exact) mass is 148 g/mol. The van der Waals surface area contributed by atoms with Crippen LogP contribution in [0.4, 0.5) is 0 Å². The Balaban J connectivity index is 0. The average molecular weight is 148 g/mol. The lowest BCUT2D eigenvalue weighted by atomic mass is 10.9. The van der Waals surface area contributed by atoms with Gasteiger partial charge in [-0.1, -0.05) is 0 Å². The highest BCUT2D eigenvalue weighted by molar-refractivity contribution is 4.09. The molecule has 0 N–H and O–H groups in total. The van der Waals surface area contributed by atoms with E-state index in [0.717, 1.165) is 6.61 Å². The van der Waals surface area contributed by atoms with Gasteiger partial charge in [0.25, 0.3) is 0 Å². The summed E-state index contributed by atoms with van der Waals surface area (Å²) in [5, 5.41) is 1.68. The topological polar surface area (TPSA) is 15.7 Å². The van der Waals surface area contributed by atoms with E-state index in [9.17, 15) is 0 Å². The Morgan fingerprint density at radius 3 is 1.30 bits per heavy atom. The van der Waals surface area contributed by atoms with Crippen LogP contribution in [0.1, 0.15) is 6.92 Å². The Kier molecular flexibility index (Phi) is 11.1. The molecule has 0 atom stereocenters. The minimum Gasteiger partial charge on any atom is -0.312 e. The molecule has 0 rings (SSSR count). The zero-order valence-electron chi connectivity index (χ0n) is 8.01. The quantitative estimate of drug-likeness (QED) is 0.535. The SMILES string of the molecule is CCON(C)C.CN(C)C. The second kappa shape index (κ2) is 8.88. The van der Waals surface area contributed by atoms with Crippen LogP contribution in [0.25, 0.3) is 0 Å². The lowest BCUT2D eigenvalue weighted by Crippen LogP contribution is -2.11. The summed E-state index contributed by atoms with van der Waals surface area (Å²) in [5.74, 6) is 0. The summed E-state index contributed by atoms with van der Waals surface area (Å²) in [4.78, 5) is 6.88. The van der Waals surface area contributed by atoms with Crippen LogP contribution in [0, 0.1) is 0 Å². The van der Waals surface area contributed by atoms with E-state index in [2.05, 4.69) is 0 Å². The van der Waals surface area contributed by atoms with E-state index in [1.807, 2.05) is 47.1 Å². The molecule has 0 unspecified atom stereocenters. The molecular formula is C7H20N2O. The largest absolute Gasteiger partial charge is 0.312 e. The first-order chi connectivity index (χ1) is 4.50. The van der Waals surface area contributed by atoms with Gasteiger partial charge in [-0.25, -0.2) is 0 Å². The maximum absolute atomic E-state index is 4.88. The van der Waals surface area contributed by atoms with Gasteiger partial charge >= 0.3 is 0 Å². The van der Waals surface area contributed by atoms with Crippen molar-refractivity contribution in [3.05, 3.63) is 0 Å². The summed E-state index contributed by atoms with van der Waals surface area (Å²) < 4.78 is 0. The van der Waals surface area contributed by atoms with Crippen LogP contribution in [0.5, 0.6) is 0 Å². The third kappa shape index (κ3) is 45.0. The highest BCUT2D eigenvalue weighted by Gasteiger charge is 1.77. The van der Waals surface area contributed by atoms with E-state index in [1.165, 1.54) is 0 Å². The molecule has 0 aliphatic rings. The molecule has 3 heteroatoms. The summed E-state index contributed by atoms with van der Waals surface area (Å²) in [5.41, 5.74) is 0. The van der Waals surface area contributed by atoms with E-state index in [1.54, 1.807) is 5.06 Å². The molecule has 64 valence electrons. The van der Waals surface area contributed by atoms with E-state index in [4.69, 9.17) is 4.84 Å². The van der Waals surface area contributed by atoms with Gasteiger partial charge in [0.05, 0.1) is 6.61 Å². The third-order valence-electron chi connectivity index (χ3n) is 0.387. The first-order valence-electron chi connectivity index (χ1n) is 3.41. The summed E-state index contributed by atoms with van der Waals surface area (Å²) in [7, 11) is 9.73. The Bertz CT molecular complexity index is 52.8. The molecule has 0 aromatic heterocycles. The van der Waals surface area contributed by atoms with Crippen molar-refractivity contribution in [3.8, 4) is 0 Å². The fraction of sp³-hybridized carbons (Fsp3) is 1.00. The molecule has 0 aromatic carbocycles. The number of hydrogen-bond acceptors (Lipinski definition) is 3. The van der Waals surface area contributed by atoms with Crippen molar-refractivity contribution < 1.29 is 4.84 Å². The molecule has 0 aliphatic carbocycles. The van der Waals surface area contributed by atoms with Crippen LogP contribution in [0.3, 0.4) is 0 Å². The molecule has 0 aliphatic heterocycles. The standard InChI is InChI=1S/C4H11NO.C3H9N/c1-4-6-5(2)3;1-4(2)3/h4H2,1-3H3;1-3H3. The van der Waals surface area contributed by atoms with Gasteiger partial charge in [0.1, 0.15) is 0 Å². The molecule has 10 heavy (non-hydrogen) atoms. The number of hydroxylamine groups is 2. The van der Waals surface area contributed by atoms with Gasteiger partial charge in [-0.05, 0) is 28.1 Å². The van der Waals surface area contributed by atoms with Crippen LogP contribution in [-0.4, -0.2) is 51.8 Å². The maximum Gasteiger partial charge on any atom is 0.0656 e. The van der Waals surface area contributed by atoms with Gasteiger partial charge < -0.3 is 4.90 Å². The molecule has 0 amide bonds. The van der Waals surface area contributed by atoms with Crippen LogP contribution in [-0.2, 0) is 4.84 Å². The molecule has 0 saturated carbocycles. The Labute approximate surface area is 64.5 Å². The van der Waals surface area contributed by atoms with Crippen LogP contribution in [0.15, 0.2) is 0 Å². The Morgan fingerprint density at radius 2 is 1.30 bits per heavy atom. The normalized spacial score (nSPS) is 9.60. The van der Waals surface area contributed by atoms with Crippen molar-refractivity contribution in [2.45, 2.75) is 6.92 Å². The highest BCUT2D eigenvalue weighted by atomic mass is 16.7. The minimum atomic E-state index is 0.757. The Hall–Kier alpha value is -0.120. The Morgan fingerprint density at radius 1 is 1.00 bits per heavy atom. The molecule has 0 aromatic rings. The van der Waals surface area contributed by atoms with Gasteiger partial charge in [-0.2, -0.15) is 5.06 Å². The first-order valence-corrected chi connectivity index (χ1v) is 3.41. The zero-order valence-corrected chi connectivity index (χ0v) is 8.01. The van der Waals surface area contributed by atoms with E-state index >= 15 is 0 Å². The number of rotatable bonds is 2. The molecule has 0 spiro atoms. The van der Waals surface area contributed by atoms with Crippen molar-refractivity contribution in [2.24, 2.45) is 0 Å². The molecule has 3 nitrogen and oxygen atoms in total. The highest BCUT2D eigenvalue weighted by Crippen LogP contribution is 1.72. The van der Waals surface area contributed by atoms with E-state index < -0.39 is 0 Å². The first kappa shape index (κ1) is 12.5. The second-order valence-corrected chi connectivity index (χ2v) is 2.57. The molecule has 0 heterocycles.